The van der Waals surface area contributed by atoms with E-state index in [9.17, 15) is 0 Å². The summed E-state index contributed by atoms with van der Waals surface area (Å²) in [7, 11) is 1.79. The Morgan fingerprint density at radius 1 is 1.07 bits per heavy atom. The first-order valence-electron chi connectivity index (χ1n) is 9.83. The van der Waals surface area contributed by atoms with E-state index >= 15 is 0 Å². The zero-order valence-electron chi connectivity index (χ0n) is 16.2. The topological polar surface area (TPSA) is 64.1 Å². The van der Waals surface area contributed by atoms with Crippen LogP contribution in [0.1, 0.15) is 30.1 Å². The second-order valence-electron chi connectivity index (χ2n) is 7.10. The fourth-order valence-corrected chi connectivity index (χ4v) is 3.75. The van der Waals surface area contributed by atoms with Gasteiger partial charge in [0.15, 0.2) is 17.5 Å². The van der Waals surface area contributed by atoms with E-state index in [2.05, 4.69) is 39.9 Å². The Hall–Kier alpha value is -2.73. The van der Waals surface area contributed by atoms with E-state index in [1.165, 1.54) is 5.56 Å². The van der Waals surface area contributed by atoms with E-state index in [0.717, 1.165) is 49.0 Å². The molecule has 0 amide bonds. The molecule has 2 unspecified atom stereocenters. The molecule has 2 N–H and O–H groups in total. The quantitative estimate of drug-likeness (QED) is 0.615. The van der Waals surface area contributed by atoms with Gasteiger partial charge in [0.25, 0.3) is 0 Å². The van der Waals surface area contributed by atoms with Crippen molar-refractivity contribution in [1.29, 1.82) is 0 Å². The standard InChI is InChI=1S/C22H27N3O3/c1-23-22(24-13-16-9-10-19-20(12-16)28-15-27-19)25-14-18-8-5-11-26-21(18)17-6-3-2-4-7-17/h2-4,6-7,9-10,12,18,21H,5,8,11,13-15H2,1H3,(H2,23,24,25). The lowest BCUT2D eigenvalue weighted by Crippen LogP contribution is -2.41. The molecule has 0 saturated carbocycles. The summed E-state index contributed by atoms with van der Waals surface area (Å²) in [4.78, 5) is 4.36. The van der Waals surface area contributed by atoms with Crippen LogP contribution in [-0.2, 0) is 11.3 Å². The Kier molecular flexibility index (Phi) is 5.97. The second-order valence-corrected chi connectivity index (χ2v) is 7.10. The van der Waals surface area contributed by atoms with Crippen molar-refractivity contribution in [3.05, 3.63) is 59.7 Å². The molecule has 1 saturated heterocycles. The van der Waals surface area contributed by atoms with Gasteiger partial charge in [-0.15, -0.1) is 0 Å². The fourth-order valence-electron chi connectivity index (χ4n) is 3.75. The van der Waals surface area contributed by atoms with Crippen LogP contribution in [0.25, 0.3) is 0 Å². The molecule has 2 aromatic carbocycles. The molecule has 148 valence electrons. The van der Waals surface area contributed by atoms with E-state index in [4.69, 9.17) is 14.2 Å². The molecule has 1 fully saturated rings. The molecule has 28 heavy (non-hydrogen) atoms. The largest absolute Gasteiger partial charge is 0.454 e. The molecule has 6 nitrogen and oxygen atoms in total. The lowest BCUT2D eigenvalue weighted by atomic mass is 9.89. The van der Waals surface area contributed by atoms with Crippen molar-refractivity contribution in [3.63, 3.8) is 0 Å². The predicted molar refractivity (Wildman–Crippen MR) is 109 cm³/mol. The maximum absolute atomic E-state index is 6.09. The summed E-state index contributed by atoms with van der Waals surface area (Å²) < 4.78 is 16.9. The van der Waals surface area contributed by atoms with Crippen molar-refractivity contribution in [1.82, 2.24) is 10.6 Å². The summed E-state index contributed by atoms with van der Waals surface area (Å²) >= 11 is 0. The first-order valence-corrected chi connectivity index (χ1v) is 9.83. The Bertz CT molecular complexity index is 810. The van der Waals surface area contributed by atoms with Gasteiger partial charge >= 0.3 is 0 Å². The highest BCUT2D eigenvalue weighted by molar-refractivity contribution is 5.79. The Balaban J connectivity index is 1.32. The summed E-state index contributed by atoms with van der Waals surface area (Å²) in [6.07, 6.45) is 2.37. The molecule has 4 rings (SSSR count). The number of ether oxygens (including phenoxy) is 3. The minimum absolute atomic E-state index is 0.134. The van der Waals surface area contributed by atoms with Crippen LogP contribution >= 0.6 is 0 Å². The molecule has 2 heterocycles. The van der Waals surface area contributed by atoms with Crippen LogP contribution in [0.2, 0.25) is 0 Å². The van der Waals surface area contributed by atoms with Crippen molar-refractivity contribution in [3.8, 4) is 11.5 Å². The Morgan fingerprint density at radius 3 is 2.79 bits per heavy atom. The van der Waals surface area contributed by atoms with Crippen LogP contribution in [-0.4, -0.2) is 33.0 Å². The molecule has 2 aliphatic heterocycles. The van der Waals surface area contributed by atoms with Crippen LogP contribution in [0.3, 0.4) is 0 Å². The maximum Gasteiger partial charge on any atom is 0.231 e. The molecule has 0 bridgehead atoms. The number of hydrogen-bond acceptors (Lipinski definition) is 4. The Labute approximate surface area is 165 Å². The Morgan fingerprint density at radius 2 is 1.93 bits per heavy atom. The lowest BCUT2D eigenvalue weighted by molar-refractivity contribution is -0.0265. The average Bonchev–Trinajstić information content (AvgIpc) is 3.23. The van der Waals surface area contributed by atoms with Crippen LogP contribution < -0.4 is 20.1 Å². The van der Waals surface area contributed by atoms with Gasteiger partial charge in [-0.05, 0) is 36.1 Å². The monoisotopic (exact) mass is 381 g/mol. The molecule has 2 aromatic rings. The SMILES string of the molecule is CN=C(NCc1ccc2c(c1)OCO2)NCC1CCCOC1c1ccccc1. The highest BCUT2D eigenvalue weighted by Gasteiger charge is 2.27. The van der Waals surface area contributed by atoms with Gasteiger partial charge in [-0.1, -0.05) is 36.4 Å². The van der Waals surface area contributed by atoms with Crippen LogP contribution in [0.15, 0.2) is 53.5 Å². The minimum atomic E-state index is 0.134. The number of aliphatic imine (C=N–C) groups is 1. The molecular weight excluding hydrogens is 354 g/mol. The minimum Gasteiger partial charge on any atom is -0.454 e. The van der Waals surface area contributed by atoms with Gasteiger partial charge in [0.2, 0.25) is 6.79 Å². The van der Waals surface area contributed by atoms with E-state index in [-0.39, 0.29) is 6.10 Å². The number of benzene rings is 2. The third kappa shape index (κ3) is 4.39. The van der Waals surface area contributed by atoms with Gasteiger partial charge in [-0.2, -0.15) is 0 Å². The normalized spacial score (nSPS) is 21.4. The molecular formula is C22H27N3O3. The number of nitrogens with one attached hydrogen (secondary N) is 2. The molecule has 0 aromatic heterocycles. The van der Waals surface area contributed by atoms with E-state index in [1.54, 1.807) is 7.05 Å². The highest BCUT2D eigenvalue weighted by atomic mass is 16.7. The van der Waals surface area contributed by atoms with Crippen LogP contribution in [0, 0.1) is 5.92 Å². The lowest BCUT2D eigenvalue weighted by Gasteiger charge is -2.32. The zero-order chi connectivity index (χ0) is 19.2. The number of guanidine groups is 1. The highest BCUT2D eigenvalue weighted by Crippen LogP contribution is 2.33. The van der Waals surface area contributed by atoms with Crippen molar-refractivity contribution in [2.45, 2.75) is 25.5 Å². The van der Waals surface area contributed by atoms with Crippen molar-refractivity contribution in [2.75, 3.05) is 27.0 Å². The van der Waals surface area contributed by atoms with Gasteiger partial charge in [0, 0.05) is 32.7 Å². The maximum atomic E-state index is 6.09. The second kappa shape index (κ2) is 8.97. The van der Waals surface area contributed by atoms with Crippen LogP contribution in [0.5, 0.6) is 11.5 Å². The van der Waals surface area contributed by atoms with Gasteiger partial charge < -0.3 is 24.8 Å². The predicted octanol–water partition coefficient (Wildman–Crippen LogP) is 3.25. The molecule has 0 aliphatic carbocycles. The van der Waals surface area contributed by atoms with Gasteiger partial charge in [0.1, 0.15) is 0 Å². The number of hydrogen-bond donors (Lipinski definition) is 2. The zero-order valence-corrected chi connectivity index (χ0v) is 16.2. The number of rotatable bonds is 5. The van der Waals surface area contributed by atoms with Crippen molar-refractivity contribution in [2.24, 2.45) is 10.9 Å². The van der Waals surface area contributed by atoms with E-state index < -0.39 is 0 Å². The number of fused-ring (bicyclic) bond motifs is 1. The third-order valence-corrected chi connectivity index (χ3v) is 5.23. The van der Waals surface area contributed by atoms with E-state index in [1.807, 2.05) is 24.3 Å². The average molecular weight is 381 g/mol. The summed E-state index contributed by atoms with van der Waals surface area (Å²) in [6, 6.07) is 16.5. The molecule has 2 aliphatic rings. The van der Waals surface area contributed by atoms with E-state index in [0.29, 0.717) is 19.3 Å². The van der Waals surface area contributed by atoms with Gasteiger partial charge in [-0.25, -0.2) is 0 Å². The first-order chi connectivity index (χ1) is 13.8. The molecule has 6 heteroatoms. The summed E-state index contributed by atoms with van der Waals surface area (Å²) in [5.74, 6) is 2.80. The van der Waals surface area contributed by atoms with Gasteiger partial charge in [0.05, 0.1) is 6.10 Å². The summed E-state index contributed by atoms with van der Waals surface area (Å²) in [5, 5.41) is 6.84. The molecule has 0 spiro atoms. The fraction of sp³-hybridized carbons (Fsp3) is 0.409. The third-order valence-electron chi connectivity index (χ3n) is 5.23. The number of nitrogens with zero attached hydrogens (tertiary/aromatic N) is 1. The van der Waals surface area contributed by atoms with Crippen molar-refractivity contribution < 1.29 is 14.2 Å². The molecule has 0 radical (unpaired) electrons. The smallest absolute Gasteiger partial charge is 0.231 e. The van der Waals surface area contributed by atoms with Crippen molar-refractivity contribution >= 4 is 5.96 Å². The molecule has 2 atom stereocenters. The van der Waals surface area contributed by atoms with Crippen LogP contribution in [0.4, 0.5) is 0 Å². The first kappa shape index (κ1) is 18.6. The summed E-state index contributed by atoms with van der Waals surface area (Å²) in [6.45, 7) is 2.61. The van der Waals surface area contributed by atoms with Gasteiger partial charge in [-0.3, -0.25) is 4.99 Å². The summed E-state index contributed by atoms with van der Waals surface area (Å²) in [5.41, 5.74) is 2.37.